The molecular formula is C8H15F6NO6S2Si. The first-order chi connectivity index (χ1) is 10.6. The van der Waals surface area contributed by atoms with E-state index in [-0.39, 0.29) is 13.2 Å². The fourth-order valence-corrected chi connectivity index (χ4v) is 7.42. The molecule has 0 saturated carbocycles. The van der Waals surface area contributed by atoms with E-state index < -0.39 is 49.7 Å². The van der Waals surface area contributed by atoms with Crippen molar-refractivity contribution in [1.29, 1.82) is 0 Å². The molecule has 0 heterocycles. The van der Waals surface area contributed by atoms with Gasteiger partial charge in [0.25, 0.3) is 0 Å². The van der Waals surface area contributed by atoms with Gasteiger partial charge in [0.05, 0.1) is 5.67 Å². The second-order valence-electron chi connectivity index (χ2n) is 4.15. The van der Waals surface area contributed by atoms with Gasteiger partial charge in [-0.15, -0.1) is 0 Å². The van der Waals surface area contributed by atoms with Gasteiger partial charge in [-0.3, -0.25) is 0 Å². The number of sulfonamides is 2. The van der Waals surface area contributed by atoms with Crippen molar-refractivity contribution >= 4 is 29.3 Å². The van der Waals surface area contributed by atoms with E-state index in [9.17, 15) is 43.2 Å². The molecular weight excluding hydrogens is 412 g/mol. The summed E-state index contributed by atoms with van der Waals surface area (Å²) in [6.45, 7) is 2.74. The number of rotatable bonds is 8. The average molecular weight is 427 g/mol. The summed E-state index contributed by atoms with van der Waals surface area (Å²) in [5.41, 5.74) is -14.9. The molecule has 0 rings (SSSR count). The van der Waals surface area contributed by atoms with Gasteiger partial charge in [-0.05, 0) is 20.8 Å². The van der Waals surface area contributed by atoms with Gasteiger partial charge in [0, 0.05) is 13.2 Å². The number of alkyl halides is 6. The molecule has 0 aromatic rings. The van der Waals surface area contributed by atoms with Gasteiger partial charge >= 0.3 is 40.3 Å². The second-order valence-corrected chi connectivity index (χ2v) is 10.4. The standard InChI is InChI=1S/C8H15F6NO6S2Si/c1-4-20-24(21-5-2)6(3)15(22(16,17)7(9,10)11)23(18,19)8(12,13)14/h6,24H,4-5H2,1-3H3. The van der Waals surface area contributed by atoms with Crippen molar-refractivity contribution in [1.82, 2.24) is 3.71 Å². The maximum Gasteiger partial charge on any atom is 0.512 e. The van der Waals surface area contributed by atoms with E-state index in [1.54, 1.807) is 0 Å². The zero-order chi connectivity index (χ0) is 19.6. The zero-order valence-electron chi connectivity index (χ0n) is 12.5. The van der Waals surface area contributed by atoms with Crippen molar-refractivity contribution in [2.75, 3.05) is 13.2 Å². The summed E-state index contributed by atoms with van der Waals surface area (Å²) in [5.74, 6) is 0. The number of nitrogens with zero attached hydrogens (tertiary/aromatic N) is 1. The minimum absolute atomic E-state index is 0.229. The Hall–Kier alpha value is -0.423. The van der Waals surface area contributed by atoms with Crippen molar-refractivity contribution in [3.8, 4) is 0 Å². The highest BCUT2D eigenvalue weighted by molar-refractivity contribution is 8.04. The van der Waals surface area contributed by atoms with Gasteiger partial charge in [0.15, 0.2) is 0 Å². The molecule has 0 spiro atoms. The Morgan fingerprint density at radius 3 is 1.38 bits per heavy atom. The van der Waals surface area contributed by atoms with Crippen LogP contribution in [0.4, 0.5) is 26.3 Å². The van der Waals surface area contributed by atoms with Gasteiger partial charge in [-0.2, -0.15) is 26.3 Å². The molecule has 0 amide bonds. The van der Waals surface area contributed by atoms with E-state index in [0.29, 0.717) is 6.92 Å². The minimum Gasteiger partial charge on any atom is -0.396 e. The molecule has 0 aliphatic rings. The lowest BCUT2D eigenvalue weighted by Crippen LogP contribution is -2.58. The Morgan fingerprint density at radius 1 is 0.875 bits per heavy atom. The van der Waals surface area contributed by atoms with Crippen LogP contribution >= 0.6 is 0 Å². The molecule has 24 heavy (non-hydrogen) atoms. The van der Waals surface area contributed by atoms with Crippen LogP contribution in [0.15, 0.2) is 0 Å². The predicted octanol–water partition coefficient (Wildman–Crippen LogP) is 1.21. The number of hydrogen-bond acceptors (Lipinski definition) is 6. The molecule has 0 aromatic carbocycles. The van der Waals surface area contributed by atoms with Crippen LogP contribution in [0.3, 0.4) is 0 Å². The molecule has 0 aliphatic carbocycles. The topological polar surface area (TPSA) is 90.0 Å². The fourth-order valence-electron chi connectivity index (χ4n) is 1.53. The molecule has 0 fully saturated rings. The van der Waals surface area contributed by atoms with Gasteiger partial charge in [0.2, 0.25) is 0 Å². The first-order valence-electron chi connectivity index (χ1n) is 6.21. The molecule has 0 aromatic heterocycles. The smallest absolute Gasteiger partial charge is 0.396 e. The molecule has 16 heteroatoms. The lowest BCUT2D eigenvalue weighted by Gasteiger charge is -2.31. The van der Waals surface area contributed by atoms with Crippen molar-refractivity contribution < 1.29 is 52.0 Å². The summed E-state index contributed by atoms with van der Waals surface area (Å²) in [4.78, 5) is 0. The molecule has 7 nitrogen and oxygen atoms in total. The molecule has 0 bridgehead atoms. The summed E-state index contributed by atoms with van der Waals surface area (Å²) < 4.78 is 130. The van der Waals surface area contributed by atoms with Crippen LogP contribution in [0.2, 0.25) is 0 Å². The van der Waals surface area contributed by atoms with Gasteiger partial charge < -0.3 is 8.85 Å². The van der Waals surface area contributed by atoms with Crippen LogP contribution in [-0.4, -0.2) is 59.7 Å². The summed E-state index contributed by atoms with van der Waals surface area (Å²) in [6.07, 6.45) is 0. The van der Waals surface area contributed by atoms with Crippen LogP contribution in [-0.2, 0) is 28.9 Å². The monoisotopic (exact) mass is 427 g/mol. The quantitative estimate of drug-likeness (QED) is 0.427. The van der Waals surface area contributed by atoms with E-state index in [4.69, 9.17) is 8.85 Å². The highest BCUT2D eigenvalue weighted by atomic mass is 32.3. The van der Waals surface area contributed by atoms with E-state index in [2.05, 4.69) is 0 Å². The van der Waals surface area contributed by atoms with Gasteiger partial charge in [-0.1, -0.05) is 3.71 Å². The van der Waals surface area contributed by atoms with Crippen molar-refractivity contribution in [3.63, 3.8) is 0 Å². The lowest BCUT2D eigenvalue weighted by molar-refractivity contribution is -0.0537. The Labute approximate surface area is 136 Å². The summed E-state index contributed by atoms with van der Waals surface area (Å²) in [5, 5.41) is 0. The van der Waals surface area contributed by atoms with Crippen LogP contribution < -0.4 is 0 Å². The third-order valence-electron chi connectivity index (χ3n) is 2.45. The first kappa shape index (κ1) is 23.6. The van der Waals surface area contributed by atoms with Crippen molar-refractivity contribution in [3.05, 3.63) is 0 Å². The average Bonchev–Trinajstić information content (AvgIpc) is 2.35. The van der Waals surface area contributed by atoms with Crippen LogP contribution in [0, 0.1) is 0 Å². The number of halogens is 6. The second kappa shape index (κ2) is 7.86. The van der Waals surface area contributed by atoms with Crippen LogP contribution in [0.25, 0.3) is 0 Å². The van der Waals surface area contributed by atoms with Crippen molar-refractivity contribution in [2.45, 2.75) is 37.5 Å². The molecule has 0 saturated heterocycles. The van der Waals surface area contributed by atoms with E-state index in [1.165, 1.54) is 13.8 Å². The molecule has 1 unspecified atom stereocenters. The maximum atomic E-state index is 12.7. The van der Waals surface area contributed by atoms with Crippen LogP contribution in [0.5, 0.6) is 0 Å². The molecule has 1 atom stereocenters. The first-order valence-corrected chi connectivity index (χ1v) is 10.7. The largest absolute Gasteiger partial charge is 0.512 e. The van der Waals surface area contributed by atoms with E-state index in [1.807, 2.05) is 0 Å². The van der Waals surface area contributed by atoms with Crippen molar-refractivity contribution in [2.24, 2.45) is 0 Å². The Balaban J connectivity index is 6.39. The fraction of sp³-hybridized carbons (Fsp3) is 1.00. The Kier molecular flexibility index (Phi) is 7.72. The van der Waals surface area contributed by atoms with Crippen LogP contribution in [0.1, 0.15) is 20.8 Å². The van der Waals surface area contributed by atoms with Gasteiger partial charge in [0.1, 0.15) is 0 Å². The third-order valence-corrected chi connectivity index (χ3v) is 9.25. The highest BCUT2D eigenvalue weighted by Gasteiger charge is 2.64. The molecule has 0 N–H and O–H groups in total. The van der Waals surface area contributed by atoms with E-state index in [0.717, 1.165) is 0 Å². The summed E-state index contributed by atoms with van der Waals surface area (Å²) in [7, 11) is -17.3. The molecule has 0 radical (unpaired) electrons. The number of hydrogen-bond donors (Lipinski definition) is 0. The lowest BCUT2D eigenvalue weighted by atomic mass is 10.8. The molecule has 146 valence electrons. The Bertz CT molecular complexity index is 568. The predicted molar refractivity (Wildman–Crippen MR) is 71.7 cm³/mol. The Morgan fingerprint density at radius 2 is 1.17 bits per heavy atom. The zero-order valence-corrected chi connectivity index (χ0v) is 15.3. The minimum atomic E-state index is -6.86. The SMILES string of the molecule is CCO[SiH](OCC)C(C)N(S(=O)(=O)C(F)(F)F)S(=O)(=O)C(F)(F)F. The highest BCUT2D eigenvalue weighted by Crippen LogP contribution is 2.37. The summed E-state index contributed by atoms with van der Waals surface area (Å²) in [6, 6.07) is 0. The normalized spacial score (nSPS) is 16.0. The van der Waals surface area contributed by atoms with E-state index >= 15 is 0 Å². The molecule has 0 aliphatic heterocycles. The summed E-state index contributed by atoms with van der Waals surface area (Å²) >= 11 is 0. The van der Waals surface area contributed by atoms with Gasteiger partial charge in [-0.25, -0.2) is 16.8 Å². The maximum absolute atomic E-state index is 12.7. The third kappa shape index (κ3) is 4.81.